The third kappa shape index (κ3) is 3.15. The number of amides is 3. The number of rotatable bonds is 3. The molecule has 3 aliphatic rings. The molecular formula is C17H24N4O2S. The van der Waals surface area contributed by atoms with Crippen LogP contribution >= 0.6 is 11.3 Å². The Labute approximate surface area is 146 Å². The van der Waals surface area contributed by atoms with E-state index in [4.69, 9.17) is 0 Å². The molecule has 0 spiro atoms. The van der Waals surface area contributed by atoms with Crippen molar-refractivity contribution in [2.24, 2.45) is 0 Å². The van der Waals surface area contributed by atoms with E-state index in [1.54, 1.807) is 11.3 Å². The molecule has 130 valence electrons. The zero-order valence-corrected chi connectivity index (χ0v) is 14.7. The van der Waals surface area contributed by atoms with Gasteiger partial charge in [-0.2, -0.15) is 0 Å². The Kier molecular flexibility index (Phi) is 4.45. The molecule has 0 atom stereocenters. The molecule has 0 aromatic carbocycles. The van der Waals surface area contributed by atoms with E-state index in [1.165, 1.54) is 10.4 Å². The van der Waals surface area contributed by atoms with Gasteiger partial charge in [-0.1, -0.05) is 0 Å². The zero-order valence-electron chi connectivity index (χ0n) is 13.9. The van der Waals surface area contributed by atoms with Gasteiger partial charge in [0, 0.05) is 50.2 Å². The Morgan fingerprint density at radius 2 is 2.08 bits per heavy atom. The van der Waals surface area contributed by atoms with Gasteiger partial charge >= 0.3 is 6.03 Å². The summed E-state index contributed by atoms with van der Waals surface area (Å²) in [5, 5.41) is 5.00. The van der Waals surface area contributed by atoms with Crippen LogP contribution in [0.1, 0.15) is 23.3 Å². The highest BCUT2D eigenvalue weighted by atomic mass is 32.1. The van der Waals surface area contributed by atoms with Crippen molar-refractivity contribution < 1.29 is 9.59 Å². The second-order valence-corrected chi connectivity index (χ2v) is 7.87. The molecule has 1 N–H and O–H groups in total. The first-order chi connectivity index (χ1) is 11.7. The first-order valence-corrected chi connectivity index (χ1v) is 9.68. The number of carbonyl (C=O) groups excluding carboxylic acids is 2. The molecule has 0 aliphatic carbocycles. The molecule has 1 aromatic rings. The maximum Gasteiger partial charge on any atom is 0.317 e. The Morgan fingerprint density at radius 3 is 2.83 bits per heavy atom. The highest BCUT2D eigenvalue weighted by molar-refractivity contribution is 7.10. The minimum absolute atomic E-state index is 0.0735. The summed E-state index contributed by atoms with van der Waals surface area (Å²) in [5.41, 5.74) is 1.32. The van der Waals surface area contributed by atoms with E-state index >= 15 is 0 Å². The summed E-state index contributed by atoms with van der Waals surface area (Å²) in [7, 11) is 0. The zero-order chi connectivity index (χ0) is 16.5. The SMILES string of the molecule is O=C(CN1CCC(N2CCNC2=O)CC1)N1CCc2sccc2C1. The third-order valence-corrected chi connectivity index (χ3v) is 6.43. The van der Waals surface area contributed by atoms with Crippen molar-refractivity contribution in [1.29, 1.82) is 0 Å². The van der Waals surface area contributed by atoms with E-state index in [0.717, 1.165) is 58.5 Å². The summed E-state index contributed by atoms with van der Waals surface area (Å²) < 4.78 is 0. The van der Waals surface area contributed by atoms with Crippen LogP contribution in [0.25, 0.3) is 0 Å². The standard InChI is InChI=1S/C17H24N4O2S/c22-16(20-8-3-15-13(11-20)4-10-24-15)12-19-6-1-14(2-7-19)21-9-5-18-17(21)23/h4,10,14H,1-3,5-9,11-12H2,(H,18,23). The molecule has 2 fully saturated rings. The molecule has 3 aliphatic heterocycles. The van der Waals surface area contributed by atoms with Gasteiger partial charge in [0.1, 0.15) is 0 Å². The molecule has 4 rings (SSSR count). The van der Waals surface area contributed by atoms with Gasteiger partial charge < -0.3 is 15.1 Å². The number of thiophene rings is 1. The summed E-state index contributed by atoms with van der Waals surface area (Å²) in [6, 6.07) is 2.55. The van der Waals surface area contributed by atoms with Crippen molar-refractivity contribution in [1.82, 2.24) is 20.0 Å². The Morgan fingerprint density at radius 1 is 1.25 bits per heavy atom. The van der Waals surface area contributed by atoms with Crippen LogP contribution in [0.4, 0.5) is 4.79 Å². The molecular weight excluding hydrogens is 324 g/mol. The molecule has 1 aromatic heterocycles. The molecule has 2 saturated heterocycles. The molecule has 0 radical (unpaired) electrons. The summed E-state index contributed by atoms with van der Waals surface area (Å²) in [5.74, 6) is 0.240. The molecule has 0 bridgehead atoms. The number of nitrogens with one attached hydrogen (secondary N) is 1. The van der Waals surface area contributed by atoms with Crippen LogP contribution in [-0.2, 0) is 17.8 Å². The number of hydrogen-bond acceptors (Lipinski definition) is 4. The second-order valence-electron chi connectivity index (χ2n) is 6.87. The van der Waals surface area contributed by atoms with E-state index in [0.29, 0.717) is 12.6 Å². The molecule has 6 nitrogen and oxygen atoms in total. The summed E-state index contributed by atoms with van der Waals surface area (Å²) in [6.45, 7) is 5.50. The lowest BCUT2D eigenvalue weighted by Gasteiger charge is -2.37. The fraction of sp³-hybridized carbons (Fsp3) is 0.647. The third-order valence-electron chi connectivity index (χ3n) is 5.41. The topological polar surface area (TPSA) is 55.9 Å². The minimum atomic E-state index is 0.0735. The van der Waals surface area contributed by atoms with Crippen molar-refractivity contribution in [3.05, 3.63) is 21.9 Å². The van der Waals surface area contributed by atoms with Crippen LogP contribution in [0.15, 0.2) is 11.4 Å². The highest BCUT2D eigenvalue weighted by Gasteiger charge is 2.31. The van der Waals surface area contributed by atoms with Gasteiger partial charge in [0.05, 0.1) is 6.54 Å². The monoisotopic (exact) mass is 348 g/mol. The first-order valence-electron chi connectivity index (χ1n) is 8.80. The summed E-state index contributed by atoms with van der Waals surface area (Å²) >= 11 is 1.80. The van der Waals surface area contributed by atoms with Crippen LogP contribution in [0, 0.1) is 0 Å². The second kappa shape index (κ2) is 6.72. The van der Waals surface area contributed by atoms with Gasteiger partial charge in [0.2, 0.25) is 5.91 Å². The first kappa shape index (κ1) is 15.9. The van der Waals surface area contributed by atoms with Crippen LogP contribution < -0.4 is 5.32 Å². The Balaban J connectivity index is 1.26. The fourth-order valence-corrected chi connectivity index (χ4v) is 4.87. The number of urea groups is 1. The van der Waals surface area contributed by atoms with Gasteiger partial charge in [-0.05, 0) is 36.3 Å². The van der Waals surface area contributed by atoms with Crippen molar-refractivity contribution in [2.45, 2.75) is 31.8 Å². The normalized spacial score (nSPS) is 22.6. The van der Waals surface area contributed by atoms with E-state index in [-0.39, 0.29) is 11.9 Å². The number of fused-ring (bicyclic) bond motifs is 1. The quantitative estimate of drug-likeness (QED) is 0.891. The molecule has 3 amide bonds. The van der Waals surface area contributed by atoms with Crippen molar-refractivity contribution in [3.8, 4) is 0 Å². The number of nitrogens with zero attached hydrogens (tertiary/aromatic N) is 3. The largest absolute Gasteiger partial charge is 0.337 e. The fourth-order valence-electron chi connectivity index (χ4n) is 3.98. The smallest absolute Gasteiger partial charge is 0.317 e. The molecule has 7 heteroatoms. The average Bonchev–Trinajstić information content (AvgIpc) is 3.23. The lowest BCUT2D eigenvalue weighted by atomic mass is 10.0. The van der Waals surface area contributed by atoms with Gasteiger partial charge in [-0.25, -0.2) is 4.79 Å². The predicted molar refractivity (Wildman–Crippen MR) is 93.0 cm³/mol. The van der Waals surface area contributed by atoms with E-state index in [9.17, 15) is 9.59 Å². The van der Waals surface area contributed by atoms with Gasteiger partial charge in [0.25, 0.3) is 0 Å². The van der Waals surface area contributed by atoms with Crippen LogP contribution in [0.2, 0.25) is 0 Å². The van der Waals surface area contributed by atoms with Crippen LogP contribution in [0.3, 0.4) is 0 Å². The maximum absolute atomic E-state index is 12.6. The highest BCUT2D eigenvalue weighted by Crippen LogP contribution is 2.24. The molecule has 24 heavy (non-hydrogen) atoms. The Hall–Kier alpha value is -1.60. The molecule has 0 unspecified atom stereocenters. The molecule has 4 heterocycles. The Bertz CT molecular complexity index is 624. The number of carbonyl (C=O) groups is 2. The van der Waals surface area contributed by atoms with Gasteiger partial charge in [-0.15, -0.1) is 11.3 Å². The van der Waals surface area contributed by atoms with Gasteiger partial charge in [-0.3, -0.25) is 9.69 Å². The number of piperidine rings is 1. The van der Waals surface area contributed by atoms with E-state index < -0.39 is 0 Å². The van der Waals surface area contributed by atoms with Crippen molar-refractivity contribution in [3.63, 3.8) is 0 Å². The minimum Gasteiger partial charge on any atom is -0.337 e. The number of hydrogen-bond donors (Lipinski definition) is 1. The van der Waals surface area contributed by atoms with Crippen LogP contribution in [-0.4, -0.2) is 71.9 Å². The average molecular weight is 348 g/mol. The van der Waals surface area contributed by atoms with Crippen molar-refractivity contribution >= 4 is 23.3 Å². The number of likely N-dealkylation sites (tertiary alicyclic amines) is 1. The van der Waals surface area contributed by atoms with E-state index in [1.807, 2.05) is 9.80 Å². The van der Waals surface area contributed by atoms with E-state index in [2.05, 4.69) is 21.7 Å². The molecule has 0 saturated carbocycles. The summed E-state index contributed by atoms with van der Waals surface area (Å²) in [6.07, 6.45) is 2.93. The summed E-state index contributed by atoms with van der Waals surface area (Å²) in [4.78, 5) is 32.0. The van der Waals surface area contributed by atoms with Gasteiger partial charge in [0.15, 0.2) is 0 Å². The predicted octanol–water partition coefficient (Wildman–Crippen LogP) is 1.12. The lowest BCUT2D eigenvalue weighted by Crippen LogP contribution is -2.49. The van der Waals surface area contributed by atoms with Crippen LogP contribution in [0.5, 0.6) is 0 Å². The lowest BCUT2D eigenvalue weighted by molar-refractivity contribution is -0.133. The maximum atomic E-state index is 12.6. The van der Waals surface area contributed by atoms with Crippen molar-refractivity contribution in [2.75, 3.05) is 39.3 Å².